The van der Waals surface area contributed by atoms with Crippen molar-refractivity contribution in [3.05, 3.63) is 53.1 Å². The van der Waals surface area contributed by atoms with Crippen molar-refractivity contribution in [2.75, 3.05) is 13.1 Å². The highest BCUT2D eigenvalue weighted by Crippen LogP contribution is 2.32. The van der Waals surface area contributed by atoms with Crippen LogP contribution in [0.15, 0.2) is 40.9 Å². The second-order valence-electron chi connectivity index (χ2n) is 8.74. The molecule has 2 aliphatic rings. The second-order valence-corrected chi connectivity index (χ2v) is 8.74. The number of ether oxygens (including phenoxy) is 1. The molecule has 3 aromatic rings. The third kappa shape index (κ3) is 5.20. The fourth-order valence-corrected chi connectivity index (χ4v) is 4.32. The van der Waals surface area contributed by atoms with E-state index < -0.39 is 0 Å². The Morgan fingerprint density at radius 3 is 2.65 bits per heavy atom. The maximum atomic E-state index is 10.3. The number of carbonyl (C=O) groups excluding carboxylic acids is 1. The quantitative estimate of drug-likeness (QED) is 0.603. The Labute approximate surface area is 199 Å². The minimum absolute atomic E-state index is 0.00290. The number of fused-ring (bicyclic) bond motifs is 1. The van der Waals surface area contributed by atoms with Crippen LogP contribution in [0.5, 0.6) is 5.75 Å². The lowest BCUT2D eigenvalue weighted by Gasteiger charge is -2.11. The van der Waals surface area contributed by atoms with Crippen LogP contribution in [0.1, 0.15) is 49.8 Å². The molecule has 1 saturated heterocycles. The molecule has 2 heterocycles. The number of carbonyl (C=O) groups is 1. The zero-order chi connectivity index (χ0) is 24.1. The smallest absolute Gasteiger partial charge is 0.314 e. The van der Waals surface area contributed by atoms with Crippen molar-refractivity contribution < 1.29 is 14.1 Å². The van der Waals surface area contributed by atoms with Crippen LogP contribution in [-0.4, -0.2) is 40.3 Å². The number of amides is 2. The average molecular weight is 460 g/mol. The SMILES string of the molecule is CC(C)Oc1ccc(-c2nc(-c3cccc4c3CCC4)no2)cc1C#N.NC(=O)N1CCCC1. The van der Waals surface area contributed by atoms with Gasteiger partial charge in [0, 0.05) is 24.2 Å². The number of nitrogens with zero attached hydrogens (tertiary/aromatic N) is 4. The summed E-state index contributed by atoms with van der Waals surface area (Å²) in [7, 11) is 0. The van der Waals surface area contributed by atoms with Gasteiger partial charge in [-0.1, -0.05) is 23.4 Å². The Morgan fingerprint density at radius 2 is 1.97 bits per heavy atom. The average Bonchev–Trinajstić information content (AvgIpc) is 3.60. The van der Waals surface area contributed by atoms with Crippen LogP contribution >= 0.6 is 0 Å². The van der Waals surface area contributed by atoms with Crippen molar-refractivity contribution in [1.29, 1.82) is 5.26 Å². The number of aromatic nitrogens is 2. The highest BCUT2D eigenvalue weighted by Gasteiger charge is 2.20. The molecule has 0 bridgehead atoms. The van der Waals surface area contributed by atoms with Crippen LogP contribution in [0.2, 0.25) is 0 Å². The van der Waals surface area contributed by atoms with E-state index in [1.54, 1.807) is 17.0 Å². The van der Waals surface area contributed by atoms with E-state index >= 15 is 0 Å². The topological polar surface area (TPSA) is 118 Å². The molecule has 0 atom stereocenters. The van der Waals surface area contributed by atoms with Gasteiger partial charge in [-0.25, -0.2) is 4.79 Å². The highest BCUT2D eigenvalue weighted by atomic mass is 16.5. The molecule has 8 heteroatoms. The molecule has 176 valence electrons. The van der Waals surface area contributed by atoms with Crippen LogP contribution < -0.4 is 10.5 Å². The second kappa shape index (κ2) is 10.4. The number of nitriles is 1. The lowest BCUT2D eigenvalue weighted by Crippen LogP contribution is -2.32. The van der Waals surface area contributed by atoms with E-state index in [0.717, 1.165) is 44.3 Å². The van der Waals surface area contributed by atoms with E-state index in [4.69, 9.17) is 15.0 Å². The summed E-state index contributed by atoms with van der Waals surface area (Å²) >= 11 is 0. The van der Waals surface area contributed by atoms with Crippen molar-refractivity contribution in [3.8, 4) is 34.7 Å². The summed E-state index contributed by atoms with van der Waals surface area (Å²) in [5.41, 5.74) is 9.88. The van der Waals surface area contributed by atoms with Crippen molar-refractivity contribution in [3.63, 3.8) is 0 Å². The minimum atomic E-state index is -0.275. The summed E-state index contributed by atoms with van der Waals surface area (Å²) in [5, 5.41) is 13.6. The first kappa shape index (κ1) is 23.3. The molecule has 34 heavy (non-hydrogen) atoms. The third-order valence-electron chi connectivity index (χ3n) is 5.94. The van der Waals surface area contributed by atoms with Crippen molar-refractivity contribution >= 4 is 6.03 Å². The van der Waals surface area contributed by atoms with Crippen LogP contribution in [0.4, 0.5) is 4.79 Å². The van der Waals surface area contributed by atoms with Gasteiger partial charge in [0.25, 0.3) is 5.89 Å². The van der Waals surface area contributed by atoms with Crippen molar-refractivity contribution in [2.24, 2.45) is 5.73 Å². The van der Waals surface area contributed by atoms with Gasteiger partial charge in [-0.15, -0.1) is 0 Å². The van der Waals surface area contributed by atoms with Crippen LogP contribution in [0, 0.1) is 11.3 Å². The Kier molecular flexibility index (Phi) is 7.12. The molecule has 0 spiro atoms. The molecule has 2 aromatic carbocycles. The summed E-state index contributed by atoms with van der Waals surface area (Å²) in [4.78, 5) is 16.6. The van der Waals surface area contributed by atoms with Gasteiger partial charge in [0.15, 0.2) is 0 Å². The zero-order valence-corrected chi connectivity index (χ0v) is 19.6. The summed E-state index contributed by atoms with van der Waals surface area (Å²) in [6.07, 6.45) is 5.56. The van der Waals surface area contributed by atoms with Crippen LogP contribution in [0.25, 0.3) is 22.8 Å². The largest absolute Gasteiger partial charge is 0.490 e. The highest BCUT2D eigenvalue weighted by molar-refractivity contribution is 5.72. The van der Waals surface area contributed by atoms with Gasteiger partial charge in [-0.2, -0.15) is 10.2 Å². The molecule has 0 saturated carbocycles. The molecule has 1 aliphatic carbocycles. The van der Waals surface area contributed by atoms with E-state index in [9.17, 15) is 10.1 Å². The monoisotopic (exact) mass is 459 g/mol. The molecule has 0 radical (unpaired) electrons. The van der Waals surface area contributed by atoms with Gasteiger partial charge in [0.2, 0.25) is 5.82 Å². The van der Waals surface area contributed by atoms with Gasteiger partial charge < -0.3 is 19.9 Å². The Bertz CT molecular complexity index is 1210. The molecule has 1 fully saturated rings. The lowest BCUT2D eigenvalue weighted by atomic mass is 10.0. The molecule has 0 unspecified atom stereocenters. The normalized spacial score (nSPS) is 14.4. The summed E-state index contributed by atoms with van der Waals surface area (Å²) < 4.78 is 11.1. The Hall–Kier alpha value is -3.86. The minimum Gasteiger partial charge on any atom is -0.490 e. The van der Waals surface area contributed by atoms with Gasteiger partial charge in [0.05, 0.1) is 11.7 Å². The Morgan fingerprint density at radius 1 is 1.18 bits per heavy atom. The van der Waals surface area contributed by atoms with Crippen molar-refractivity contribution in [1.82, 2.24) is 15.0 Å². The lowest BCUT2D eigenvalue weighted by molar-refractivity contribution is 0.218. The van der Waals surface area contributed by atoms with E-state index in [2.05, 4.69) is 22.3 Å². The Balaban J connectivity index is 0.000000291. The number of hydrogen-bond donors (Lipinski definition) is 1. The van der Waals surface area contributed by atoms with E-state index in [-0.39, 0.29) is 12.1 Å². The number of benzene rings is 2. The maximum Gasteiger partial charge on any atom is 0.314 e. The standard InChI is InChI=1S/C21H19N3O2.C5H10N2O/c1-13(2)25-19-10-9-15(11-16(19)12-22)21-23-20(24-26-21)18-8-4-6-14-5-3-7-17(14)18;6-5(8)7-3-1-2-4-7/h4,6,8-11,13H,3,5,7H2,1-2H3;1-4H2,(H2,6,8). The fourth-order valence-electron chi connectivity index (χ4n) is 4.32. The van der Waals surface area contributed by atoms with E-state index in [1.807, 2.05) is 32.0 Å². The summed E-state index contributed by atoms with van der Waals surface area (Å²) in [6.45, 7) is 5.57. The van der Waals surface area contributed by atoms with Gasteiger partial charge in [-0.3, -0.25) is 0 Å². The van der Waals surface area contributed by atoms with E-state index in [0.29, 0.717) is 28.6 Å². The molecule has 8 nitrogen and oxygen atoms in total. The van der Waals surface area contributed by atoms with Gasteiger partial charge in [0.1, 0.15) is 11.8 Å². The first-order valence-corrected chi connectivity index (χ1v) is 11.7. The number of primary amides is 1. The number of hydrogen-bond acceptors (Lipinski definition) is 6. The first-order valence-electron chi connectivity index (χ1n) is 11.7. The molecule has 2 amide bonds. The van der Waals surface area contributed by atoms with Crippen LogP contribution in [0.3, 0.4) is 0 Å². The fraction of sp³-hybridized carbons (Fsp3) is 0.385. The molecular weight excluding hydrogens is 430 g/mol. The number of likely N-dealkylation sites (tertiary alicyclic amines) is 1. The van der Waals surface area contributed by atoms with E-state index in [1.165, 1.54) is 17.5 Å². The van der Waals surface area contributed by atoms with Gasteiger partial charge in [-0.05, 0) is 75.3 Å². The molecular formula is C26H29N5O3. The molecule has 1 aliphatic heterocycles. The number of rotatable bonds is 4. The zero-order valence-electron chi connectivity index (χ0n) is 19.6. The summed E-state index contributed by atoms with van der Waals surface area (Å²) in [5.74, 6) is 1.56. The van der Waals surface area contributed by atoms with Crippen LogP contribution in [-0.2, 0) is 12.8 Å². The summed E-state index contributed by atoms with van der Waals surface area (Å²) in [6, 6.07) is 13.5. The number of aryl methyl sites for hydroxylation is 1. The van der Waals surface area contributed by atoms with Gasteiger partial charge >= 0.3 is 6.03 Å². The number of urea groups is 1. The first-order chi connectivity index (χ1) is 16.5. The number of nitrogens with two attached hydrogens (primary N) is 1. The molecule has 2 N–H and O–H groups in total. The molecule has 1 aromatic heterocycles. The van der Waals surface area contributed by atoms with Crippen molar-refractivity contribution in [2.45, 2.75) is 52.1 Å². The third-order valence-corrected chi connectivity index (χ3v) is 5.94. The molecule has 5 rings (SSSR count). The predicted octanol–water partition coefficient (Wildman–Crippen LogP) is 4.71. The maximum absolute atomic E-state index is 10.3. The predicted molar refractivity (Wildman–Crippen MR) is 128 cm³/mol.